The minimum absolute atomic E-state index is 0. The third-order valence-electron chi connectivity index (χ3n) is 1.71. The summed E-state index contributed by atoms with van der Waals surface area (Å²) < 4.78 is 4.03. The van der Waals surface area contributed by atoms with Crippen molar-refractivity contribution in [3.8, 4) is 0 Å². The molecule has 0 bridgehead atoms. The van der Waals surface area contributed by atoms with E-state index in [9.17, 15) is 4.79 Å². The summed E-state index contributed by atoms with van der Waals surface area (Å²) in [4.78, 5) is 21.8. The van der Waals surface area contributed by atoms with Crippen molar-refractivity contribution in [1.82, 2.24) is 4.90 Å². The molecular weight excluding hydrogens is 283 g/mol. The van der Waals surface area contributed by atoms with E-state index in [4.69, 9.17) is 4.79 Å². The van der Waals surface area contributed by atoms with Crippen molar-refractivity contribution in [2.75, 3.05) is 13.7 Å². The molecule has 0 aromatic carbocycles. The Labute approximate surface area is 124 Å². The average molecular weight is 304 g/mol. The van der Waals surface area contributed by atoms with Gasteiger partial charge in [0.2, 0.25) is 0 Å². The first-order chi connectivity index (χ1) is 7.01. The molecule has 93 valence electrons. The fourth-order valence-electron chi connectivity index (χ4n) is 0.690. The van der Waals surface area contributed by atoms with E-state index in [1.165, 1.54) is 6.47 Å². The van der Waals surface area contributed by atoms with Gasteiger partial charge in [-0.3, -0.25) is 4.79 Å². The summed E-state index contributed by atoms with van der Waals surface area (Å²) in [6.07, 6.45) is 1.58. The summed E-state index contributed by atoms with van der Waals surface area (Å²) in [5.41, 5.74) is 0. The van der Waals surface area contributed by atoms with Gasteiger partial charge in [-0.1, -0.05) is 13.4 Å². The van der Waals surface area contributed by atoms with Crippen LogP contribution in [-0.4, -0.2) is 30.9 Å². The maximum atomic E-state index is 11.1. The number of carbonyl (C=O) groups is 1. The monoisotopic (exact) mass is 304 g/mol. The van der Waals surface area contributed by atoms with E-state index in [0.29, 0.717) is 13.0 Å². The smallest absolute Gasteiger partial charge is 0.193 e. The van der Waals surface area contributed by atoms with Gasteiger partial charge in [-0.15, -0.1) is 0 Å². The summed E-state index contributed by atoms with van der Waals surface area (Å²) in [6.45, 7) is 9.30. The van der Waals surface area contributed by atoms with Crippen molar-refractivity contribution in [2.24, 2.45) is 0 Å². The molecule has 0 saturated heterocycles. The van der Waals surface area contributed by atoms with Gasteiger partial charge in [-0.05, 0) is 20.4 Å². The Bertz CT molecular complexity index is 175. The zero-order chi connectivity index (χ0) is 12.3. The van der Waals surface area contributed by atoms with Crippen molar-refractivity contribution in [3.05, 3.63) is 6.04 Å². The molecule has 0 heterocycles. The zero-order valence-electron chi connectivity index (χ0n) is 10.9. The van der Waals surface area contributed by atoms with Crippen molar-refractivity contribution in [3.63, 3.8) is 0 Å². The van der Waals surface area contributed by atoms with Crippen molar-refractivity contribution in [2.45, 2.75) is 40.5 Å². The van der Waals surface area contributed by atoms with E-state index in [2.05, 4.69) is 4.74 Å². The molecule has 0 spiro atoms. The molecular formula is C11H21NO3Y-2. The molecule has 0 unspecified atom stereocenters. The summed E-state index contributed by atoms with van der Waals surface area (Å²) in [5, 5.41) is 0. The summed E-state index contributed by atoms with van der Waals surface area (Å²) in [7, 11) is 1.81. The van der Waals surface area contributed by atoms with Crippen LogP contribution in [0.2, 0.25) is 0 Å². The molecule has 0 rings (SSSR count). The average Bonchev–Trinajstić information content (AvgIpc) is 2.19. The fraction of sp³-hybridized carbons (Fsp3) is 0.727. The molecule has 0 saturated carbocycles. The quantitative estimate of drug-likeness (QED) is 0.729. The van der Waals surface area contributed by atoms with E-state index in [-0.39, 0.29) is 38.6 Å². The standard InChI is InChI=1S/C8H16NO.C3H5O2.Y/c1-5-6-8(10)9(4)7(2)3;1-2-5-3-4;/h5-6H2,1-4H3;2H2,1H3;/q2*-1;. The van der Waals surface area contributed by atoms with Crippen LogP contribution in [0.1, 0.15) is 40.5 Å². The molecule has 1 amide bonds. The Morgan fingerprint density at radius 2 is 1.88 bits per heavy atom. The maximum absolute atomic E-state index is 11.1. The maximum Gasteiger partial charge on any atom is 0.193 e. The predicted octanol–water partition coefficient (Wildman–Crippen LogP) is 1.90. The van der Waals surface area contributed by atoms with Gasteiger partial charge in [0, 0.05) is 45.7 Å². The largest absolute Gasteiger partial charge is 0.653 e. The molecule has 1 radical (unpaired) electrons. The molecule has 4 nitrogen and oxygen atoms in total. The molecule has 5 heteroatoms. The number of nitrogens with zero attached hydrogens (tertiary/aromatic N) is 1. The Balaban J connectivity index is -0.000000242. The number of rotatable bonds is 5. The minimum Gasteiger partial charge on any atom is -0.653 e. The number of amides is 1. The van der Waals surface area contributed by atoms with Crippen LogP contribution >= 0.6 is 0 Å². The summed E-state index contributed by atoms with van der Waals surface area (Å²) >= 11 is 0. The van der Waals surface area contributed by atoms with Gasteiger partial charge in [0.15, 0.2) is 5.91 Å². The van der Waals surface area contributed by atoms with Gasteiger partial charge in [-0.25, -0.2) is 6.04 Å². The predicted molar refractivity (Wildman–Crippen MR) is 59.6 cm³/mol. The van der Waals surface area contributed by atoms with E-state index in [1.807, 2.05) is 27.8 Å². The Morgan fingerprint density at radius 3 is 2.06 bits per heavy atom. The number of hydrogen-bond acceptors (Lipinski definition) is 3. The SMILES string of the molecule is CCCC(=O)N(C)[C-](C)C.CCO[C-]=O.[Y]. The first-order valence-corrected chi connectivity index (χ1v) is 5.06. The summed E-state index contributed by atoms with van der Waals surface area (Å²) in [5.74, 6) is 0.211. The second-order valence-corrected chi connectivity index (χ2v) is 3.17. The van der Waals surface area contributed by atoms with Crippen LogP contribution in [0.5, 0.6) is 0 Å². The molecule has 0 aliphatic rings. The van der Waals surface area contributed by atoms with Gasteiger partial charge in [0.25, 0.3) is 0 Å². The Hall–Kier alpha value is 0.0439. The molecule has 0 fully saturated rings. The van der Waals surface area contributed by atoms with Crippen molar-refractivity contribution < 1.29 is 47.0 Å². The molecule has 0 aromatic heterocycles. The van der Waals surface area contributed by atoms with Crippen molar-refractivity contribution in [1.29, 1.82) is 0 Å². The Morgan fingerprint density at radius 1 is 1.38 bits per heavy atom. The van der Waals surface area contributed by atoms with Gasteiger partial charge in [0.05, 0.1) is 0 Å². The van der Waals surface area contributed by atoms with Gasteiger partial charge >= 0.3 is 0 Å². The normalized spacial score (nSPS) is 8.38. The zero-order valence-corrected chi connectivity index (χ0v) is 13.7. The van der Waals surface area contributed by atoms with Crippen LogP contribution in [0.25, 0.3) is 0 Å². The first-order valence-electron chi connectivity index (χ1n) is 5.06. The van der Waals surface area contributed by atoms with Crippen molar-refractivity contribution >= 4 is 12.4 Å². The van der Waals surface area contributed by atoms with Gasteiger partial charge in [-0.2, -0.15) is 13.8 Å². The molecule has 16 heavy (non-hydrogen) atoms. The molecule has 0 N–H and O–H groups in total. The van der Waals surface area contributed by atoms with Crippen LogP contribution in [0.3, 0.4) is 0 Å². The molecule has 0 aliphatic heterocycles. The minimum atomic E-state index is 0. The number of carbonyl (C=O) groups excluding carboxylic acids is 2. The van der Waals surface area contributed by atoms with Crippen LogP contribution in [0, 0.1) is 6.04 Å². The molecule has 0 aromatic rings. The van der Waals surface area contributed by atoms with Gasteiger partial charge < -0.3 is 14.4 Å². The summed E-state index contributed by atoms with van der Waals surface area (Å²) in [6, 6.07) is 1.05. The fourth-order valence-corrected chi connectivity index (χ4v) is 0.690. The van der Waals surface area contributed by atoms with E-state index in [0.717, 1.165) is 12.5 Å². The Kier molecular flexibility index (Phi) is 20.1. The third-order valence-corrected chi connectivity index (χ3v) is 1.71. The molecule has 0 aliphatic carbocycles. The second-order valence-electron chi connectivity index (χ2n) is 3.17. The number of ether oxygens (including phenoxy) is 1. The third kappa shape index (κ3) is 14.0. The van der Waals surface area contributed by atoms with Crippen LogP contribution in [-0.2, 0) is 47.0 Å². The van der Waals surface area contributed by atoms with E-state index < -0.39 is 0 Å². The van der Waals surface area contributed by atoms with Crippen LogP contribution in [0.15, 0.2) is 0 Å². The topological polar surface area (TPSA) is 46.6 Å². The first kappa shape index (κ1) is 21.3. The molecule has 0 atom stereocenters. The van der Waals surface area contributed by atoms with E-state index in [1.54, 1.807) is 11.8 Å². The van der Waals surface area contributed by atoms with Crippen LogP contribution < -0.4 is 0 Å². The van der Waals surface area contributed by atoms with Gasteiger partial charge in [0.1, 0.15) is 0 Å². The number of hydrogen-bond donors (Lipinski definition) is 0. The van der Waals surface area contributed by atoms with Crippen LogP contribution in [0.4, 0.5) is 0 Å². The second kappa shape index (κ2) is 15.0. The van der Waals surface area contributed by atoms with E-state index >= 15 is 0 Å².